The van der Waals surface area contributed by atoms with Crippen molar-refractivity contribution in [1.29, 1.82) is 0 Å². The predicted octanol–water partition coefficient (Wildman–Crippen LogP) is 3.12. The fraction of sp³-hybridized carbons (Fsp3) is 0.667. The molecule has 2 aliphatic rings. The number of rotatable bonds is 2. The molecule has 3 rings (SSSR count). The summed E-state index contributed by atoms with van der Waals surface area (Å²) in [5, 5.41) is 2.16. The van der Waals surface area contributed by atoms with Gasteiger partial charge in [-0.05, 0) is 40.2 Å². The first-order valence-electron chi connectivity index (χ1n) is 5.79. The summed E-state index contributed by atoms with van der Waals surface area (Å²) >= 11 is 5.45. The maximum Gasteiger partial charge on any atom is 0.0472 e. The van der Waals surface area contributed by atoms with E-state index in [1.165, 1.54) is 35.3 Å². The van der Waals surface area contributed by atoms with Gasteiger partial charge in [0.2, 0.25) is 0 Å². The average molecular weight is 302 g/mol. The highest BCUT2D eigenvalue weighted by molar-refractivity contribution is 9.10. The number of halogens is 1. The van der Waals surface area contributed by atoms with Crippen LogP contribution in [-0.2, 0) is 11.3 Å². The summed E-state index contributed by atoms with van der Waals surface area (Å²) in [4.78, 5) is 4.02. The largest absolute Gasteiger partial charge is 0.381 e. The van der Waals surface area contributed by atoms with Crippen LogP contribution in [0, 0.1) is 5.41 Å². The van der Waals surface area contributed by atoms with E-state index in [4.69, 9.17) is 4.74 Å². The molecule has 0 bridgehead atoms. The fourth-order valence-corrected chi connectivity index (χ4v) is 4.29. The molecule has 0 aliphatic carbocycles. The van der Waals surface area contributed by atoms with E-state index in [9.17, 15) is 0 Å². The number of nitrogens with zero attached hydrogens (tertiary/aromatic N) is 1. The summed E-state index contributed by atoms with van der Waals surface area (Å²) in [5.74, 6) is 0. The second-order valence-electron chi connectivity index (χ2n) is 4.95. The summed E-state index contributed by atoms with van der Waals surface area (Å²) in [6.07, 6.45) is 2.52. The first-order chi connectivity index (χ1) is 7.77. The second kappa shape index (κ2) is 4.41. The van der Waals surface area contributed by atoms with Gasteiger partial charge in [0, 0.05) is 47.6 Å². The van der Waals surface area contributed by atoms with Gasteiger partial charge in [-0.25, -0.2) is 0 Å². The smallest absolute Gasteiger partial charge is 0.0472 e. The zero-order chi connectivity index (χ0) is 11.0. The van der Waals surface area contributed by atoms with Crippen molar-refractivity contribution >= 4 is 27.3 Å². The van der Waals surface area contributed by atoms with Crippen molar-refractivity contribution in [3.63, 3.8) is 0 Å². The molecule has 88 valence electrons. The van der Waals surface area contributed by atoms with Crippen LogP contribution in [0.3, 0.4) is 0 Å². The summed E-state index contributed by atoms with van der Waals surface area (Å²) in [7, 11) is 0. The van der Waals surface area contributed by atoms with Gasteiger partial charge in [-0.1, -0.05) is 0 Å². The molecule has 0 N–H and O–H groups in total. The van der Waals surface area contributed by atoms with Gasteiger partial charge in [0.15, 0.2) is 0 Å². The molecule has 0 saturated carbocycles. The first-order valence-corrected chi connectivity index (χ1v) is 7.47. The van der Waals surface area contributed by atoms with Crippen molar-refractivity contribution in [3.05, 3.63) is 20.8 Å². The molecular formula is C12H16BrNOS. The Balaban J connectivity index is 1.55. The third-order valence-corrected chi connectivity index (χ3v) is 5.64. The Labute approximate surface area is 109 Å². The van der Waals surface area contributed by atoms with Gasteiger partial charge in [0.05, 0.1) is 0 Å². The van der Waals surface area contributed by atoms with Crippen LogP contribution in [0.25, 0.3) is 0 Å². The lowest BCUT2D eigenvalue weighted by Crippen LogP contribution is -2.57. The minimum atomic E-state index is 0.599. The van der Waals surface area contributed by atoms with E-state index in [0.717, 1.165) is 19.8 Å². The summed E-state index contributed by atoms with van der Waals surface area (Å²) in [6, 6.07) is 2.14. The summed E-state index contributed by atoms with van der Waals surface area (Å²) < 4.78 is 6.71. The van der Waals surface area contributed by atoms with Crippen molar-refractivity contribution in [2.45, 2.75) is 19.4 Å². The molecule has 1 spiro atoms. The molecule has 2 aliphatic heterocycles. The van der Waals surface area contributed by atoms with Crippen LogP contribution >= 0.6 is 27.3 Å². The minimum Gasteiger partial charge on any atom is -0.381 e. The topological polar surface area (TPSA) is 12.5 Å². The molecule has 2 nitrogen and oxygen atoms in total. The Morgan fingerprint density at radius 3 is 2.75 bits per heavy atom. The van der Waals surface area contributed by atoms with Crippen LogP contribution in [0.2, 0.25) is 0 Å². The zero-order valence-corrected chi connectivity index (χ0v) is 11.6. The summed E-state index contributed by atoms with van der Waals surface area (Å²) in [5.41, 5.74) is 0.599. The number of likely N-dealkylation sites (tertiary alicyclic amines) is 1. The molecule has 2 fully saturated rings. The maximum absolute atomic E-state index is 5.44. The minimum absolute atomic E-state index is 0.599. The van der Waals surface area contributed by atoms with E-state index in [-0.39, 0.29) is 0 Å². The molecule has 3 heterocycles. The molecule has 1 aromatic rings. The van der Waals surface area contributed by atoms with E-state index in [0.29, 0.717) is 5.41 Å². The number of thiophene rings is 1. The molecule has 1 aromatic heterocycles. The van der Waals surface area contributed by atoms with E-state index < -0.39 is 0 Å². The first kappa shape index (κ1) is 11.2. The molecule has 2 saturated heterocycles. The predicted molar refractivity (Wildman–Crippen MR) is 69.8 cm³/mol. The van der Waals surface area contributed by atoms with Crippen molar-refractivity contribution in [1.82, 2.24) is 4.90 Å². The van der Waals surface area contributed by atoms with Crippen molar-refractivity contribution in [2.75, 3.05) is 26.3 Å². The van der Waals surface area contributed by atoms with Crippen LogP contribution in [-0.4, -0.2) is 31.2 Å². The number of hydrogen-bond acceptors (Lipinski definition) is 3. The Morgan fingerprint density at radius 2 is 2.12 bits per heavy atom. The highest BCUT2D eigenvalue weighted by Gasteiger charge is 2.43. The monoisotopic (exact) mass is 301 g/mol. The van der Waals surface area contributed by atoms with Gasteiger partial charge >= 0.3 is 0 Å². The molecule has 4 heteroatoms. The van der Waals surface area contributed by atoms with Crippen LogP contribution in [0.1, 0.15) is 17.7 Å². The van der Waals surface area contributed by atoms with Gasteiger partial charge in [0.1, 0.15) is 0 Å². The van der Waals surface area contributed by atoms with Crippen molar-refractivity contribution in [3.8, 4) is 0 Å². The average Bonchev–Trinajstić information content (AvgIpc) is 2.64. The Morgan fingerprint density at radius 1 is 1.38 bits per heavy atom. The van der Waals surface area contributed by atoms with E-state index in [1.807, 2.05) is 11.3 Å². The lowest BCUT2D eigenvalue weighted by atomic mass is 9.73. The molecule has 0 amide bonds. The molecule has 0 radical (unpaired) electrons. The van der Waals surface area contributed by atoms with Gasteiger partial charge in [-0.2, -0.15) is 0 Å². The van der Waals surface area contributed by atoms with Gasteiger partial charge < -0.3 is 4.74 Å². The fourth-order valence-electron chi connectivity index (χ4n) is 2.78. The third-order valence-electron chi connectivity index (χ3n) is 3.73. The van der Waals surface area contributed by atoms with Gasteiger partial charge in [-0.3, -0.25) is 4.90 Å². The summed E-state index contributed by atoms with van der Waals surface area (Å²) in [6.45, 7) is 5.58. The van der Waals surface area contributed by atoms with Crippen molar-refractivity contribution < 1.29 is 4.74 Å². The number of ether oxygens (including phenoxy) is 1. The molecular weight excluding hydrogens is 286 g/mol. The van der Waals surface area contributed by atoms with Gasteiger partial charge in [0.25, 0.3) is 0 Å². The van der Waals surface area contributed by atoms with Crippen LogP contribution in [0.4, 0.5) is 0 Å². The van der Waals surface area contributed by atoms with E-state index in [1.54, 1.807) is 0 Å². The Bertz CT molecular complexity index is 365. The highest BCUT2D eigenvalue weighted by Crippen LogP contribution is 2.41. The molecule has 16 heavy (non-hydrogen) atoms. The second-order valence-corrected chi connectivity index (χ2v) is 6.80. The van der Waals surface area contributed by atoms with Crippen LogP contribution < -0.4 is 0 Å². The Kier molecular flexibility index (Phi) is 3.09. The SMILES string of the molecule is Brc1ccsc1CN1CC2(CCOCC2)C1. The molecule has 0 aromatic carbocycles. The van der Waals surface area contributed by atoms with Gasteiger partial charge in [-0.15, -0.1) is 11.3 Å². The van der Waals surface area contributed by atoms with Crippen LogP contribution in [0.5, 0.6) is 0 Å². The zero-order valence-electron chi connectivity index (χ0n) is 9.25. The highest BCUT2D eigenvalue weighted by atomic mass is 79.9. The quantitative estimate of drug-likeness (QED) is 0.832. The van der Waals surface area contributed by atoms with Crippen LogP contribution in [0.15, 0.2) is 15.9 Å². The number of hydrogen-bond donors (Lipinski definition) is 0. The van der Waals surface area contributed by atoms with E-state index in [2.05, 4.69) is 32.3 Å². The van der Waals surface area contributed by atoms with E-state index >= 15 is 0 Å². The normalized spacial score (nSPS) is 24.6. The Hall–Kier alpha value is 0.1000. The molecule has 0 unspecified atom stereocenters. The molecule has 0 atom stereocenters. The lowest BCUT2D eigenvalue weighted by Gasteiger charge is -2.52. The maximum atomic E-state index is 5.44. The standard InChI is InChI=1S/C12H16BrNOS/c13-10-1-6-16-11(10)7-14-8-12(9-14)2-4-15-5-3-12/h1,6H,2-5,7-9H2. The van der Waals surface area contributed by atoms with Crippen molar-refractivity contribution in [2.24, 2.45) is 5.41 Å². The third kappa shape index (κ3) is 2.08. The lowest BCUT2D eigenvalue weighted by molar-refractivity contribution is -0.0836.